The summed E-state index contributed by atoms with van der Waals surface area (Å²) in [5, 5.41) is 5.37. The lowest BCUT2D eigenvalue weighted by molar-refractivity contribution is 0.0271. The number of piperidine rings is 1. The molecule has 0 bridgehead atoms. The SMILES string of the molecule is CNC(=O)N[C@@H](C)COC1CCN(c2nc3ccc(OCC4CC4)cc3o2)CC1. The summed E-state index contributed by atoms with van der Waals surface area (Å²) in [4.78, 5) is 18.1. The van der Waals surface area contributed by atoms with Crippen LogP contribution in [0.2, 0.25) is 0 Å². The molecule has 1 aliphatic heterocycles. The predicted octanol–water partition coefficient (Wildman–Crippen LogP) is 2.92. The third kappa shape index (κ3) is 5.32. The number of oxazole rings is 1. The number of urea groups is 1. The van der Waals surface area contributed by atoms with Crippen molar-refractivity contribution in [2.24, 2.45) is 5.92 Å². The number of hydrogen-bond acceptors (Lipinski definition) is 6. The van der Waals surface area contributed by atoms with Crippen LogP contribution in [-0.2, 0) is 4.74 Å². The van der Waals surface area contributed by atoms with E-state index in [0.29, 0.717) is 12.6 Å². The Morgan fingerprint density at radius 3 is 2.83 bits per heavy atom. The number of nitrogens with zero attached hydrogens (tertiary/aromatic N) is 2. The van der Waals surface area contributed by atoms with Crippen molar-refractivity contribution in [3.05, 3.63) is 18.2 Å². The summed E-state index contributed by atoms with van der Waals surface area (Å²) in [5.41, 5.74) is 1.62. The van der Waals surface area contributed by atoms with Gasteiger partial charge in [-0.05, 0) is 50.7 Å². The van der Waals surface area contributed by atoms with Gasteiger partial charge in [-0.15, -0.1) is 0 Å². The molecule has 1 aromatic carbocycles. The van der Waals surface area contributed by atoms with Gasteiger partial charge < -0.3 is 29.4 Å². The largest absolute Gasteiger partial charge is 0.493 e. The highest BCUT2D eigenvalue weighted by Gasteiger charge is 2.24. The van der Waals surface area contributed by atoms with Crippen LogP contribution in [0.25, 0.3) is 11.1 Å². The van der Waals surface area contributed by atoms with E-state index in [2.05, 4.69) is 20.5 Å². The molecule has 1 saturated carbocycles. The molecule has 0 spiro atoms. The summed E-state index contributed by atoms with van der Waals surface area (Å²) in [7, 11) is 1.60. The zero-order valence-electron chi connectivity index (χ0n) is 17.1. The minimum Gasteiger partial charge on any atom is -0.493 e. The minimum absolute atomic E-state index is 0.0265. The number of aromatic nitrogens is 1. The van der Waals surface area contributed by atoms with E-state index < -0.39 is 0 Å². The van der Waals surface area contributed by atoms with E-state index in [9.17, 15) is 4.79 Å². The topological polar surface area (TPSA) is 88.9 Å². The fourth-order valence-corrected chi connectivity index (χ4v) is 3.45. The molecular formula is C21H30N4O4. The number of carbonyl (C=O) groups excluding carboxylic acids is 1. The fraction of sp³-hybridized carbons (Fsp3) is 0.619. The van der Waals surface area contributed by atoms with Crippen molar-refractivity contribution in [2.75, 3.05) is 38.3 Å². The average Bonchev–Trinajstić information content (AvgIpc) is 3.47. The standard InChI is InChI=1S/C21H30N4O4/c1-14(23-20(26)22-2)12-27-16-7-9-25(10-8-16)21-24-18-6-5-17(11-19(18)29-21)28-13-15-3-4-15/h5-6,11,14-16H,3-4,7-10,12-13H2,1-2H3,(H2,22,23,26)/t14-/m0/s1. The quantitative estimate of drug-likeness (QED) is 0.706. The van der Waals surface area contributed by atoms with Crippen molar-refractivity contribution >= 4 is 23.1 Å². The van der Waals surface area contributed by atoms with Crippen LogP contribution in [0.15, 0.2) is 22.6 Å². The smallest absolute Gasteiger partial charge is 0.314 e. The zero-order valence-corrected chi connectivity index (χ0v) is 17.1. The fourth-order valence-electron chi connectivity index (χ4n) is 3.45. The molecule has 1 atom stereocenters. The summed E-state index contributed by atoms with van der Waals surface area (Å²) >= 11 is 0. The summed E-state index contributed by atoms with van der Waals surface area (Å²) in [6.45, 7) is 4.90. The second-order valence-corrected chi connectivity index (χ2v) is 8.02. The van der Waals surface area contributed by atoms with Crippen LogP contribution in [-0.4, -0.2) is 56.5 Å². The van der Waals surface area contributed by atoms with Gasteiger partial charge in [0.15, 0.2) is 5.58 Å². The number of ether oxygens (including phenoxy) is 2. The van der Waals surface area contributed by atoms with E-state index in [-0.39, 0.29) is 18.2 Å². The first-order valence-electron chi connectivity index (χ1n) is 10.5. The molecule has 4 rings (SSSR count). The lowest BCUT2D eigenvalue weighted by Gasteiger charge is -2.31. The molecule has 0 unspecified atom stereocenters. The second-order valence-electron chi connectivity index (χ2n) is 8.02. The first-order chi connectivity index (χ1) is 14.1. The Kier molecular flexibility index (Phi) is 6.08. The van der Waals surface area contributed by atoms with Crippen molar-refractivity contribution in [1.82, 2.24) is 15.6 Å². The van der Waals surface area contributed by atoms with Crippen LogP contribution in [0.1, 0.15) is 32.6 Å². The Morgan fingerprint density at radius 2 is 2.10 bits per heavy atom. The van der Waals surface area contributed by atoms with E-state index >= 15 is 0 Å². The lowest BCUT2D eigenvalue weighted by Crippen LogP contribution is -2.43. The van der Waals surface area contributed by atoms with Crippen LogP contribution < -0.4 is 20.3 Å². The average molecular weight is 402 g/mol. The van der Waals surface area contributed by atoms with E-state index in [1.54, 1.807) is 7.05 Å². The van der Waals surface area contributed by atoms with Crippen molar-refractivity contribution < 1.29 is 18.7 Å². The number of hydrogen-bond donors (Lipinski definition) is 2. The lowest BCUT2D eigenvalue weighted by atomic mass is 10.1. The van der Waals surface area contributed by atoms with Crippen molar-refractivity contribution in [2.45, 2.75) is 44.8 Å². The van der Waals surface area contributed by atoms with E-state index in [0.717, 1.165) is 55.3 Å². The molecule has 1 aliphatic carbocycles. The number of anilines is 1. The van der Waals surface area contributed by atoms with Gasteiger partial charge in [0.2, 0.25) is 0 Å². The van der Waals surface area contributed by atoms with E-state index in [1.165, 1.54) is 12.8 Å². The molecule has 8 heteroatoms. The maximum absolute atomic E-state index is 11.3. The van der Waals surface area contributed by atoms with Gasteiger partial charge in [-0.25, -0.2) is 4.79 Å². The highest BCUT2D eigenvalue weighted by atomic mass is 16.5. The van der Waals surface area contributed by atoms with Crippen LogP contribution in [0, 0.1) is 5.92 Å². The van der Waals surface area contributed by atoms with Crippen LogP contribution in [0.3, 0.4) is 0 Å². The van der Waals surface area contributed by atoms with E-state index in [1.807, 2.05) is 25.1 Å². The Balaban J connectivity index is 1.26. The van der Waals surface area contributed by atoms with Crippen LogP contribution in [0.4, 0.5) is 10.8 Å². The Labute approximate surface area is 170 Å². The molecule has 2 heterocycles. The van der Waals surface area contributed by atoms with Crippen molar-refractivity contribution in [3.8, 4) is 5.75 Å². The third-order valence-corrected chi connectivity index (χ3v) is 5.43. The number of carbonyl (C=O) groups is 1. The molecule has 0 radical (unpaired) electrons. The van der Waals surface area contributed by atoms with Crippen molar-refractivity contribution in [3.63, 3.8) is 0 Å². The number of rotatable bonds is 8. The third-order valence-electron chi connectivity index (χ3n) is 5.43. The Bertz CT molecular complexity index is 827. The molecule has 8 nitrogen and oxygen atoms in total. The normalized spacial score (nSPS) is 18.6. The molecule has 158 valence electrons. The van der Waals surface area contributed by atoms with Gasteiger partial charge in [-0.2, -0.15) is 4.98 Å². The molecule has 2 amide bonds. The molecule has 2 aliphatic rings. The number of fused-ring (bicyclic) bond motifs is 1. The Morgan fingerprint density at radius 1 is 1.31 bits per heavy atom. The number of benzene rings is 1. The maximum Gasteiger partial charge on any atom is 0.314 e. The van der Waals surface area contributed by atoms with Gasteiger partial charge in [-0.1, -0.05) is 0 Å². The highest BCUT2D eigenvalue weighted by molar-refractivity contribution is 5.76. The predicted molar refractivity (Wildman–Crippen MR) is 110 cm³/mol. The summed E-state index contributed by atoms with van der Waals surface area (Å²) in [6, 6.07) is 6.30. The summed E-state index contributed by atoms with van der Waals surface area (Å²) in [6.07, 6.45) is 4.55. The number of nitrogens with one attached hydrogen (secondary N) is 2. The highest BCUT2D eigenvalue weighted by Crippen LogP contribution is 2.31. The molecule has 1 saturated heterocycles. The van der Waals surface area contributed by atoms with Crippen LogP contribution in [0.5, 0.6) is 5.75 Å². The first-order valence-corrected chi connectivity index (χ1v) is 10.5. The van der Waals surface area contributed by atoms with Gasteiger partial charge in [0.05, 0.1) is 25.4 Å². The molecule has 2 N–H and O–H groups in total. The van der Waals surface area contributed by atoms with Crippen LogP contribution >= 0.6 is 0 Å². The summed E-state index contributed by atoms with van der Waals surface area (Å²) < 4.78 is 17.8. The second kappa shape index (κ2) is 8.90. The maximum atomic E-state index is 11.3. The van der Waals surface area contributed by atoms with Gasteiger partial charge in [-0.3, -0.25) is 0 Å². The zero-order chi connectivity index (χ0) is 20.2. The van der Waals surface area contributed by atoms with Gasteiger partial charge in [0.1, 0.15) is 11.3 Å². The van der Waals surface area contributed by atoms with Gasteiger partial charge in [0.25, 0.3) is 6.01 Å². The minimum atomic E-state index is -0.187. The molecule has 2 aromatic rings. The summed E-state index contributed by atoms with van der Waals surface area (Å²) in [5.74, 6) is 1.57. The molecule has 29 heavy (non-hydrogen) atoms. The molecule has 2 fully saturated rings. The van der Waals surface area contributed by atoms with Crippen molar-refractivity contribution in [1.29, 1.82) is 0 Å². The monoisotopic (exact) mass is 402 g/mol. The van der Waals surface area contributed by atoms with E-state index in [4.69, 9.17) is 13.9 Å². The number of amides is 2. The van der Waals surface area contributed by atoms with Gasteiger partial charge in [0, 0.05) is 26.2 Å². The molecular weight excluding hydrogens is 372 g/mol. The Hall–Kier alpha value is -2.48. The first kappa shape index (κ1) is 19.8. The molecule has 1 aromatic heterocycles. The van der Waals surface area contributed by atoms with Gasteiger partial charge >= 0.3 is 6.03 Å².